The second-order valence-electron chi connectivity index (χ2n) is 5.93. The van der Waals surface area contributed by atoms with Gasteiger partial charge in [0.1, 0.15) is 12.4 Å². The molecule has 0 atom stereocenters. The monoisotopic (exact) mass is 395 g/mol. The number of rotatable bonds is 9. The third-order valence-electron chi connectivity index (χ3n) is 3.71. The van der Waals surface area contributed by atoms with E-state index in [4.69, 9.17) is 4.74 Å². The lowest BCUT2D eigenvalue weighted by molar-refractivity contribution is -0.201. The summed E-state index contributed by atoms with van der Waals surface area (Å²) in [5.74, 6) is -2.96. The molecular weight excluding hydrogens is 375 g/mol. The maximum atomic E-state index is 12.0. The molecule has 0 unspecified atom stereocenters. The molecule has 0 fully saturated rings. The Morgan fingerprint density at radius 3 is 2.21 bits per heavy atom. The number of nitrogens with one attached hydrogen (secondary N) is 1. The maximum absolute atomic E-state index is 12.0. The molecule has 0 radical (unpaired) electrons. The molecule has 2 aromatic carbocycles. The van der Waals surface area contributed by atoms with E-state index in [1.807, 2.05) is 54.6 Å². The topological polar surface area (TPSA) is 64.6 Å². The summed E-state index contributed by atoms with van der Waals surface area (Å²) in [6.07, 6.45) is -4.83. The van der Waals surface area contributed by atoms with Crippen molar-refractivity contribution in [2.24, 2.45) is 0 Å². The Bertz CT molecular complexity index is 761. The highest BCUT2D eigenvalue weighted by Crippen LogP contribution is 2.17. The van der Waals surface area contributed by atoms with Gasteiger partial charge in [0.2, 0.25) is 0 Å². The number of carbonyl (C=O) groups is 2. The molecule has 0 saturated carbocycles. The molecule has 2 aromatic rings. The van der Waals surface area contributed by atoms with Crippen LogP contribution >= 0.6 is 0 Å². The SMILES string of the molecule is O=C(CCNCCc1ccc(OCc2ccccc2)cc1)OC(=O)C(F)(F)F. The Labute approximate surface area is 160 Å². The molecule has 0 spiro atoms. The van der Waals surface area contributed by atoms with Crippen molar-refractivity contribution < 1.29 is 32.2 Å². The molecule has 2 rings (SSSR count). The van der Waals surface area contributed by atoms with Crippen molar-refractivity contribution in [3.05, 3.63) is 65.7 Å². The molecule has 0 saturated heterocycles. The number of benzene rings is 2. The van der Waals surface area contributed by atoms with Gasteiger partial charge in [-0.3, -0.25) is 4.79 Å². The van der Waals surface area contributed by atoms with Gasteiger partial charge in [-0.25, -0.2) is 4.79 Å². The predicted molar refractivity (Wildman–Crippen MR) is 95.6 cm³/mol. The number of carbonyl (C=O) groups excluding carboxylic acids is 2. The number of alkyl halides is 3. The van der Waals surface area contributed by atoms with E-state index >= 15 is 0 Å². The van der Waals surface area contributed by atoms with Crippen LogP contribution in [0.15, 0.2) is 54.6 Å². The van der Waals surface area contributed by atoms with Gasteiger partial charge in [-0.15, -0.1) is 0 Å². The average Bonchev–Trinajstić information content (AvgIpc) is 2.67. The Balaban J connectivity index is 1.61. The highest BCUT2D eigenvalue weighted by atomic mass is 19.4. The normalized spacial score (nSPS) is 11.1. The summed E-state index contributed by atoms with van der Waals surface area (Å²) in [5.41, 5.74) is 2.11. The van der Waals surface area contributed by atoms with Gasteiger partial charge >= 0.3 is 18.1 Å². The highest BCUT2D eigenvalue weighted by Gasteiger charge is 2.42. The van der Waals surface area contributed by atoms with Crippen LogP contribution in [0.25, 0.3) is 0 Å². The minimum atomic E-state index is -5.17. The fourth-order valence-electron chi connectivity index (χ4n) is 2.25. The molecular formula is C20H20F3NO4. The largest absolute Gasteiger partial charge is 0.491 e. The minimum absolute atomic E-state index is 0.113. The van der Waals surface area contributed by atoms with Gasteiger partial charge in [0.25, 0.3) is 0 Å². The summed E-state index contributed by atoms with van der Waals surface area (Å²) < 4.78 is 45.2. The standard InChI is InChI=1S/C20H20F3NO4/c21-20(22,23)19(26)28-18(25)11-13-24-12-10-15-6-8-17(9-7-15)27-14-16-4-2-1-3-5-16/h1-9,24H,10-14H2. The van der Waals surface area contributed by atoms with Crippen LogP contribution in [0, 0.1) is 0 Å². The van der Waals surface area contributed by atoms with Crippen LogP contribution in [0.1, 0.15) is 17.5 Å². The fourth-order valence-corrected chi connectivity index (χ4v) is 2.25. The van der Waals surface area contributed by atoms with Gasteiger partial charge in [0, 0.05) is 6.54 Å². The van der Waals surface area contributed by atoms with Crippen molar-refractivity contribution in [2.75, 3.05) is 13.1 Å². The van der Waals surface area contributed by atoms with Gasteiger partial charge < -0.3 is 14.8 Å². The number of esters is 2. The van der Waals surface area contributed by atoms with Gasteiger partial charge in [-0.2, -0.15) is 13.2 Å². The van der Waals surface area contributed by atoms with E-state index in [0.29, 0.717) is 19.6 Å². The second kappa shape index (κ2) is 10.5. The van der Waals surface area contributed by atoms with E-state index in [0.717, 1.165) is 16.9 Å². The molecule has 0 amide bonds. The van der Waals surface area contributed by atoms with E-state index in [9.17, 15) is 22.8 Å². The van der Waals surface area contributed by atoms with Crippen molar-refractivity contribution >= 4 is 11.9 Å². The summed E-state index contributed by atoms with van der Waals surface area (Å²) in [6, 6.07) is 17.3. The molecule has 0 aliphatic carbocycles. The lowest BCUT2D eigenvalue weighted by atomic mass is 10.1. The van der Waals surface area contributed by atoms with Crippen molar-refractivity contribution in [2.45, 2.75) is 25.6 Å². The summed E-state index contributed by atoms with van der Waals surface area (Å²) in [5, 5.41) is 2.91. The molecule has 8 heteroatoms. The van der Waals surface area contributed by atoms with Gasteiger partial charge in [0.05, 0.1) is 6.42 Å². The summed E-state index contributed by atoms with van der Waals surface area (Å²) >= 11 is 0. The van der Waals surface area contributed by atoms with Gasteiger partial charge in [0.15, 0.2) is 0 Å². The van der Waals surface area contributed by atoms with Crippen LogP contribution in [-0.2, 0) is 27.4 Å². The highest BCUT2D eigenvalue weighted by molar-refractivity contribution is 5.88. The first-order chi connectivity index (χ1) is 13.3. The molecule has 5 nitrogen and oxygen atoms in total. The Morgan fingerprint density at radius 1 is 0.893 bits per heavy atom. The zero-order valence-electron chi connectivity index (χ0n) is 15.0. The average molecular weight is 395 g/mol. The van der Waals surface area contributed by atoms with Gasteiger partial charge in [-0.05, 0) is 36.2 Å². The van der Waals surface area contributed by atoms with Gasteiger partial charge in [-0.1, -0.05) is 42.5 Å². The smallest absolute Gasteiger partial charge is 0.489 e. The number of ether oxygens (including phenoxy) is 2. The fraction of sp³-hybridized carbons (Fsp3) is 0.300. The van der Waals surface area contributed by atoms with Crippen LogP contribution in [0.2, 0.25) is 0 Å². The molecule has 0 heterocycles. The van der Waals surface area contributed by atoms with E-state index in [1.165, 1.54) is 0 Å². The number of halogens is 3. The van der Waals surface area contributed by atoms with E-state index in [-0.39, 0.29) is 13.0 Å². The number of hydrogen-bond donors (Lipinski definition) is 1. The molecule has 0 aliphatic heterocycles. The zero-order valence-corrected chi connectivity index (χ0v) is 15.0. The minimum Gasteiger partial charge on any atom is -0.489 e. The van der Waals surface area contributed by atoms with E-state index in [1.54, 1.807) is 0 Å². The molecule has 1 N–H and O–H groups in total. The van der Waals surface area contributed by atoms with E-state index in [2.05, 4.69) is 10.1 Å². The molecule has 28 heavy (non-hydrogen) atoms. The van der Waals surface area contributed by atoms with Crippen LogP contribution in [-0.4, -0.2) is 31.2 Å². The van der Waals surface area contributed by atoms with Crippen molar-refractivity contribution in [1.82, 2.24) is 5.32 Å². The van der Waals surface area contributed by atoms with Crippen LogP contribution < -0.4 is 10.1 Å². The first-order valence-electron chi connectivity index (χ1n) is 8.63. The summed E-state index contributed by atoms with van der Waals surface area (Å²) in [7, 11) is 0. The van der Waals surface area contributed by atoms with Crippen LogP contribution in [0.4, 0.5) is 13.2 Å². The third-order valence-corrected chi connectivity index (χ3v) is 3.71. The Morgan fingerprint density at radius 2 is 1.57 bits per heavy atom. The lowest BCUT2D eigenvalue weighted by Gasteiger charge is -2.08. The molecule has 150 valence electrons. The van der Waals surface area contributed by atoms with Crippen molar-refractivity contribution in [1.29, 1.82) is 0 Å². The molecule has 0 bridgehead atoms. The summed E-state index contributed by atoms with van der Waals surface area (Å²) in [4.78, 5) is 21.6. The van der Waals surface area contributed by atoms with Crippen LogP contribution in [0.3, 0.4) is 0 Å². The predicted octanol–water partition coefficient (Wildman–Crippen LogP) is 3.42. The lowest BCUT2D eigenvalue weighted by Crippen LogP contribution is -2.29. The Hall–Kier alpha value is -2.87. The van der Waals surface area contributed by atoms with Crippen LogP contribution in [0.5, 0.6) is 5.75 Å². The molecule has 0 aliphatic rings. The first kappa shape index (κ1) is 21.4. The van der Waals surface area contributed by atoms with Crippen molar-refractivity contribution in [3.63, 3.8) is 0 Å². The first-order valence-corrected chi connectivity index (χ1v) is 8.63. The zero-order chi connectivity index (χ0) is 20.4. The Kier molecular flexibility index (Phi) is 8.01. The number of hydrogen-bond acceptors (Lipinski definition) is 5. The molecule has 0 aromatic heterocycles. The second-order valence-corrected chi connectivity index (χ2v) is 5.93. The maximum Gasteiger partial charge on any atom is 0.491 e. The third kappa shape index (κ3) is 7.79. The van der Waals surface area contributed by atoms with E-state index < -0.39 is 18.1 Å². The quantitative estimate of drug-likeness (QED) is 0.400. The van der Waals surface area contributed by atoms with Crippen molar-refractivity contribution in [3.8, 4) is 5.75 Å². The summed E-state index contributed by atoms with van der Waals surface area (Å²) in [6.45, 7) is 1.11.